The van der Waals surface area contributed by atoms with Gasteiger partial charge in [-0.25, -0.2) is 0 Å². The molecule has 14 heteroatoms. The van der Waals surface area contributed by atoms with E-state index >= 15 is 0 Å². The zero-order valence-corrected chi connectivity index (χ0v) is 32.9. The maximum absolute atomic E-state index is 14.1. The van der Waals surface area contributed by atoms with Crippen molar-refractivity contribution in [3.05, 3.63) is 0 Å². The van der Waals surface area contributed by atoms with Gasteiger partial charge in [-0.3, -0.25) is 9.59 Å². The molecule has 3 aliphatic rings. The van der Waals surface area contributed by atoms with Crippen molar-refractivity contribution >= 4 is 11.8 Å². The standard InChI is InChI=1S/C37H67NO13/c1-14-25-37(10,45)30(41)20(4)27(39)18(2)16-35(8,44)32(51-34-28(40)24(38(11)12)15-19(3)47-34)21(5)29(22(6)33(43)49-25)50-26-17-36(9,46-13)31(42)23(7)48-26/h18-26,28-32,34,40-42,44-45H,14-17H2,1-13H3/t18?,19?,20-,21?,22?,23?,24?,25?,26+,28?,29+,30?,31?,32-,34+,35+,36-,37-/m1/s1. The summed E-state index contributed by atoms with van der Waals surface area (Å²) in [7, 11) is 5.18. The molecule has 0 aromatic heterocycles. The van der Waals surface area contributed by atoms with Crippen LogP contribution in [0.1, 0.15) is 94.9 Å². The number of carbonyl (C=O) groups is 2. The van der Waals surface area contributed by atoms with E-state index < -0.39 is 108 Å². The smallest absolute Gasteiger partial charge is 0.311 e. The van der Waals surface area contributed by atoms with E-state index in [4.69, 9.17) is 28.4 Å². The van der Waals surface area contributed by atoms with Gasteiger partial charge in [0.15, 0.2) is 12.6 Å². The van der Waals surface area contributed by atoms with Crippen molar-refractivity contribution in [3.8, 4) is 0 Å². The highest BCUT2D eigenvalue weighted by Crippen LogP contribution is 2.40. The van der Waals surface area contributed by atoms with Gasteiger partial charge in [0.05, 0.1) is 47.6 Å². The van der Waals surface area contributed by atoms with E-state index in [1.807, 2.05) is 25.9 Å². The minimum Gasteiger partial charge on any atom is -0.459 e. The summed E-state index contributed by atoms with van der Waals surface area (Å²) in [5, 5.41) is 57.6. The minimum atomic E-state index is -1.99. The Morgan fingerprint density at radius 2 is 1.49 bits per heavy atom. The number of cyclic esters (lactones) is 1. The van der Waals surface area contributed by atoms with Gasteiger partial charge in [0.1, 0.15) is 29.7 Å². The molecule has 14 nitrogen and oxygen atoms in total. The van der Waals surface area contributed by atoms with E-state index in [2.05, 4.69) is 0 Å². The third-order valence-electron chi connectivity index (χ3n) is 11.8. The third-order valence-corrected chi connectivity index (χ3v) is 11.8. The molecular weight excluding hydrogens is 666 g/mol. The molecule has 18 atom stereocenters. The Morgan fingerprint density at radius 3 is 2.04 bits per heavy atom. The SMILES string of the molecule is CCC1OC(=O)C(C)[C@@H](O[C@H]2C[C@@](C)(OC)C(O)C(C)O2)C(C)[C@@H](O[C@@H]2OC(C)CC(N(C)C)C2O)[C@@](C)(O)CC(C)C(=O)[C@@H](C)C(O)[C@]1(C)O. The van der Waals surface area contributed by atoms with Crippen LogP contribution in [0.3, 0.4) is 0 Å². The van der Waals surface area contributed by atoms with Crippen molar-refractivity contribution in [2.75, 3.05) is 21.2 Å². The van der Waals surface area contributed by atoms with Crippen LogP contribution in [0, 0.1) is 23.7 Å². The Morgan fingerprint density at radius 1 is 0.882 bits per heavy atom. The summed E-state index contributed by atoms with van der Waals surface area (Å²) in [6.07, 6.45) is -9.71. The molecule has 5 N–H and O–H groups in total. The van der Waals surface area contributed by atoms with Gasteiger partial charge in [-0.1, -0.05) is 27.7 Å². The lowest BCUT2D eigenvalue weighted by molar-refractivity contribution is -0.318. The predicted octanol–water partition coefficient (Wildman–Crippen LogP) is 1.79. The van der Waals surface area contributed by atoms with Gasteiger partial charge in [0.2, 0.25) is 0 Å². The molecule has 3 aliphatic heterocycles. The number of hydrogen-bond acceptors (Lipinski definition) is 14. The monoisotopic (exact) mass is 733 g/mol. The van der Waals surface area contributed by atoms with Gasteiger partial charge in [-0.05, 0) is 74.9 Å². The summed E-state index contributed by atoms with van der Waals surface area (Å²) in [5.74, 6) is -4.98. The first-order valence-corrected chi connectivity index (χ1v) is 18.5. The predicted molar refractivity (Wildman–Crippen MR) is 186 cm³/mol. The van der Waals surface area contributed by atoms with Crippen molar-refractivity contribution in [2.45, 2.75) is 179 Å². The second-order valence-electron chi connectivity index (χ2n) is 16.5. The number of aliphatic hydroxyl groups is 5. The van der Waals surface area contributed by atoms with Crippen LogP contribution in [0.5, 0.6) is 0 Å². The normalized spacial score (nSPS) is 49.7. The maximum atomic E-state index is 14.1. The number of ether oxygens (including phenoxy) is 6. The lowest BCUT2D eigenvalue weighted by Gasteiger charge is -2.49. The van der Waals surface area contributed by atoms with E-state index in [0.29, 0.717) is 6.42 Å². The fourth-order valence-electron chi connectivity index (χ4n) is 8.41. The Bertz CT molecular complexity index is 1170. The van der Waals surface area contributed by atoms with Crippen molar-refractivity contribution in [1.29, 1.82) is 0 Å². The molecule has 0 saturated carbocycles. The summed E-state index contributed by atoms with van der Waals surface area (Å²) >= 11 is 0. The summed E-state index contributed by atoms with van der Waals surface area (Å²) in [5.41, 5.74) is -4.84. The van der Waals surface area contributed by atoms with Crippen LogP contribution in [0.2, 0.25) is 0 Å². The van der Waals surface area contributed by atoms with Gasteiger partial charge in [0.25, 0.3) is 0 Å². The quantitative estimate of drug-likeness (QED) is 0.238. The van der Waals surface area contributed by atoms with Crippen molar-refractivity contribution in [3.63, 3.8) is 0 Å². The number of ketones is 1. The molecule has 3 fully saturated rings. The minimum absolute atomic E-state index is 0.0936. The number of likely N-dealkylation sites (N-methyl/N-ethyl adjacent to an activating group) is 1. The zero-order valence-electron chi connectivity index (χ0n) is 32.9. The van der Waals surface area contributed by atoms with Crippen LogP contribution in [-0.2, 0) is 38.0 Å². The molecule has 3 heterocycles. The van der Waals surface area contributed by atoms with Crippen molar-refractivity contribution in [1.82, 2.24) is 4.90 Å². The molecule has 10 unspecified atom stereocenters. The highest BCUT2D eigenvalue weighted by atomic mass is 16.7. The summed E-state index contributed by atoms with van der Waals surface area (Å²) in [6.45, 7) is 16.3. The van der Waals surface area contributed by atoms with E-state index in [9.17, 15) is 35.1 Å². The van der Waals surface area contributed by atoms with Gasteiger partial charge >= 0.3 is 5.97 Å². The number of hydrogen-bond donors (Lipinski definition) is 5. The Balaban J connectivity index is 2.18. The van der Waals surface area contributed by atoms with Gasteiger partial charge in [-0.15, -0.1) is 0 Å². The molecule has 0 radical (unpaired) electrons. The average molecular weight is 734 g/mol. The molecule has 298 valence electrons. The molecule has 3 saturated heterocycles. The number of rotatable bonds is 7. The van der Waals surface area contributed by atoms with E-state index in [0.717, 1.165) is 0 Å². The second-order valence-corrected chi connectivity index (χ2v) is 16.5. The largest absolute Gasteiger partial charge is 0.459 e. The average Bonchev–Trinajstić information content (AvgIpc) is 3.05. The lowest BCUT2D eigenvalue weighted by Crippen LogP contribution is -2.61. The fraction of sp³-hybridized carbons (Fsp3) is 0.946. The first-order chi connectivity index (χ1) is 23.4. The molecule has 0 aromatic rings. The van der Waals surface area contributed by atoms with Crippen molar-refractivity contribution < 1.29 is 63.5 Å². The molecule has 0 bridgehead atoms. The van der Waals surface area contributed by atoms with E-state index in [-0.39, 0.29) is 31.4 Å². The lowest BCUT2D eigenvalue weighted by atomic mass is 9.74. The first-order valence-electron chi connectivity index (χ1n) is 18.5. The summed E-state index contributed by atoms with van der Waals surface area (Å²) < 4.78 is 37.1. The maximum Gasteiger partial charge on any atom is 0.311 e. The molecular formula is C37H67NO13. The Kier molecular flexibility index (Phi) is 14.7. The molecule has 51 heavy (non-hydrogen) atoms. The molecule has 0 spiro atoms. The molecule has 0 aromatic carbocycles. The van der Waals surface area contributed by atoms with Crippen LogP contribution in [0.4, 0.5) is 0 Å². The van der Waals surface area contributed by atoms with E-state index in [1.165, 1.54) is 27.9 Å². The number of carbonyl (C=O) groups excluding carboxylic acids is 2. The van der Waals surface area contributed by atoms with Crippen LogP contribution in [-0.4, -0.2) is 148 Å². The second kappa shape index (κ2) is 17.0. The molecule has 0 amide bonds. The first kappa shape index (κ1) is 44.1. The van der Waals surface area contributed by atoms with Crippen LogP contribution < -0.4 is 0 Å². The zero-order chi connectivity index (χ0) is 39.0. The number of methoxy groups -OCH3 is 1. The molecule has 0 aliphatic carbocycles. The Hall–Kier alpha value is -1.30. The van der Waals surface area contributed by atoms with E-state index in [1.54, 1.807) is 41.5 Å². The topological polar surface area (TPSA) is 194 Å². The summed E-state index contributed by atoms with van der Waals surface area (Å²) in [6, 6.07) is -0.324. The summed E-state index contributed by atoms with van der Waals surface area (Å²) in [4.78, 5) is 29.8. The van der Waals surface area contributed by atoms with Crippen LogP contribution in [0.15, 0.2) is 0 Å². The number of Topliss-reactive ketones (excluding diaryl/α,β-unsaturated/α-hetero) is 1. The van der Waals surface area contributed by atoms with Gasteiger partial charge in [0, 0.05) is 37.3 Å². The van der Waals surface area contributed by atoms with Gasteiger partial charge < -0.3 is 58.9 Å². The third kappa shape index (κ3) is 9.51. The van der Waals surface area contributed by atoms with Crippen molar-refractivity contribution in [2.24, 2.45) is 23.7 Å². The van der Waals surface area contributed by atoms with Gasteiger partial charge in [-0.2, -0.15) is 0 Å². The highest BCUT2D eigenvalue weighted by molar-refractivity contribution is 5.83. The van der Waals surface area contributed by atoms with Crippen LogP contribution in [0.25, 0.3) is 0 Å². The number of aliphatic hydroxyl groups excluding tert-OH is 3. The number of esters is 1. The number of nitrogens with zero attached hydrogens (tertiary/aromatic N) is 1. The fourth-order valence-corrected chi connectivity index (χ4v) is 8.41. The molecule has 3 rings (SSSR count). The van der Waals surface area contributed by atoms with Crippen LogP contribution >= 0.6 is 0 Å². The Labute approximate surface area is 304 Å². The highest BCUT2D eigenvalue weighted by Gasteiger charge is 2.53.